The number of phenolic OH excluding ortho intramolecular Hbond substituents is 1. The Morgan fingerprint density at radius 1 is 0.925 bits per heavy atom. The van der Waals surface area contributed by atoms with Gasteiger partial charge < -0.3 is 29.3 Å². The summed E-state index contributed by atoms with van der Waals surface area (Å²) < 4.78 is 7.62. The molecule has 1 aromatic heterocycles. The summed E-state index contributed by atoms with van der Waals surface area (Å²) in [6.45, 7) is 6.90. The number of phenols is 1. The van der Waals surface area contributed by atoms with E-state index < -0.39 is 17.7 Å². The molecule has 2 aromatic carbocycles. The SMILES string of the molecule is CN(C(=O)c1cc(-c2cc3c(cc2C(=O)O)CN(C(=O)OC(C)(C)C)CC3)n2c1CCCC2)c1ccc(O)cc1. The van der Waals surface area contributed by atoms with E-state index in [0.29, 0.717) is 42.0 Å². The van der Waals surface area contributed by atoms with Crippen LogP contribution in [0.15, 0.2) is 42.5 Å². The van der Waals surface area contributed by atoms with E-state index in [1.54, 1.807) is 35.0 Å². The van der Waals surface area contributed by atoms with Crippen LogP contribution >= 0.6 is 0 Å². The standard InChI is InChI=1S/C31H35N3O6/c1-31(2,3)40-30(39)33-14-12-19-15-23(24(29(37)38)16-20(19)18-33)27-17-25(26-7-5-6-13-34(26)27)28(36)32(4)21-8-10-22(35)11-9-21/h8-11,15-17,35H,5-7,12-14,18H2,1-4H3,(H,37,38). The molecule has 40 heavy (non-hydrogen) atoms. The van der Waals surface area contributed by atoms with Gasteiger partial charge in [-0.15, -0.1) is 0 Å². The summed E-state index contributed by atoms with van der Waals surface area (Å²) in [7, 11) is 1.69. The fourth-order valence-corrected chi connectivity index (χ4v) is 5.54. The van der Waals surface area contributed by atoms with Gasteiger partial charge in [0.2, 0.25) is 0 Å². The molecule has 5 rings (SSSR count). The lowest BCUT2D eigenvalue weighted by Crippen LogP contribution is -2.40. The molecule has 0 saturated carbocycles. The first-order chi connectivity index (χ1) is 18.9. The first-order valence-electron chi connectivity index (χ1n) is 13.6. The number of rotatable bonds is 4. The number of carbonyl (C=O) groups is 3. The normalized spacial score (nSPS) is 14.8. The van der Waals surface area contributed by atoms with Crippen LogP contribution in [0.1, 0.15) is 71.1 Å². The van der Waals surface area contributed by atoms with Crippen LogP contribution in [-0.2, 0) is 30.7 Å². The van der Waals surface area contributed by atoms with Gasteiger partial charge in [0.25, 0.3) is 5.91 Å². The molecule has 0 aliphatic carbocycles. The molecule has 2 amide bonds. The predicted octanol–water partition coefficient (Wildman–Crippen LogP) is 5.47. The Bertz CT molecular complexity index is 1480. The summed E-state index contributed by atoms with van der Waals surface area (Å²) in [6.07, 6.45) is 2.77. The van der Waals surface area contributed by atoms with E-state index >= 15 is 0 Å². The van der Waals surface area contributed by atoms with Crippen molar-refractivity contribution in [1.82, 2.24) is 9.47 Å². The second-order valence-electron chi connectivity index (χ2n) is 11.5. The second-order valence-corrected chi connectivity index (χ2v) is 11.5. The van der Waals surface area contributed by atoms with Crippen LogP contribution in [-0.4, -0.2) is 56.8 Å². The van der Waals surface area contributed by atoms with Crippen LogP contribution < -0.4 is 4.90 Å². The molecule has 0 spiro atoms. The number of nitrogens with zero attached hydrogens (tertiary/aromatic N) is 3. The zero-order valence-electron chi connectivity index (χ0n) is 23.4. The Hall–Kier alpha value is -4.27. The highest BCUT2D eigenvalue weighted by atomic mass is 16.6. The van der Waals surface area contributed by atoms with Crippen molar-refractivity contribution in [3.8, 4) is 17.0 Å². The van der Waals surface area contributed by atoms with Gasteiger partial charge in [0, 0.05) is 49.3 Å². The monoisotopic (exact) mass is 545 g/mol. The fraction of sp³-hybridized carbons (Fsp3) is 0.387. The average Bonchev–Trinajstić information content (AvgIpc) is 3.30. The summed E-state index contributed by atoms with van der Waals surface area (Å²) in [5.41, 5.74) is 4.69. The topological polar surface area (TPSA) is 112 Å². The molecule has 2 N–H and O–H groups in total. The molecule has 3 heterocycles. The fourth-order valence-electron chi connectivity index (χ4n) is 5.54. The first-order valence-corrected chi connectivity index (χ1v) is 13.6. The number of benzene rings is 2. The number of anilines is 1. The van der Waals surface area contributed by atoms with Gasteiger partial charge in [-0.25, -0.2) is 9.59 Å². The Kier molecular flexibility index (Phi) is 7.08. The van der Waals surface area contributed by atoms with Crippen molar-refractivity contribution in [3.63, 3.8) is 0 Å². The second kappa shape index (κ2) is 10.4. The molecule has 0 atom stereocenters. The minimum absolute atomic E-state index is 0.121. The number of carboxylic acid groups (broad SMARTS) is 1. The number of carboxylic acids is 1. The van der Waals surface area contributed by atoms with Gasteiger partial charge in [0.15, 0.2) is 0 Å². The van der Waals surface area contributed by atoms with Crippen molar-refractivity contribution in [3.05, 3.63) is 70.4 Å². The summed E-state index contributed by atoms with van der Waals surface area (Å²) in [5.74, 6) is -1.13. The maximum atomic E-state index is 13.7. The van der Waals surface area contributed by atoms with Gasteiger partial charge in [0.05, 0.1) is 11.1 Å². The Labute approximate surface area is 233 Å². The van der Waals surface area contributed by atoms with Crippen LogP contribution in [0.4, 0.5) is 10.5 Å². The highest BCUT2D eigenvalue weighted by molar-refractivity contribution is 6.08. The number of hydrogen-bond donors (Lipinski definition) is 2. The number of aromatic hydroxyl groups is 1. The number of ether oxygens (including phenoxy) is 1. The number of amides is 2. The number of aromatic nitrogens is 1. The molecule has 0 bridgehead atoms. The van der Waals surface area contributed by atoms with Gasteiger partial charge in [-0.2, -0.15) is 0 Å². The third-order valence-electron chi connectivity index (χ3n) is 7.54. The summed E-state index contributed by atoms with van der Waals surface area (Å²) in [6, 6.07) is 11.8. The summed E-state index contributed by atoms with van der Waals surface area (Å²) >= 11 is 0. The van der Waals surface area contributed by atoms with Crippen LogP contribution in [0.3, 0.4) is 0 Å². The molecule has 3 aromatic rings. The zero-order chi connectivity index (χ0) is 28.8. The Morgan fingerprint density at radius 3 is 2.33 bits per heavy atom. The van der Waals surface area contributed by atoms with Crippen molar-refractivity contribution in [2.45, 2.75) is 65.1 Å². The van der Waals surface area contributed by atoms with Gasteiger partial charge >= 0.3 is 12.1 Å². The van der Waals surface area contributed by atoms with Crippen LogP contribution in [0, 0.1) is 0 Å². The largest absolute Gasteiger partial charge is 0.508 e. The first kappa shape index (κ1) is 27.3. The summed E-state index contributed by atoms with van der Waals surface area (Å²) in [4.78, 5) is 42.0. The molecule has 9 nitrogen and oxygen atoms in total. The van der Waals surface area contributed by atoms with E-state index in [4.69, 9.17) is 4.74 Å². The lowest BCUT2D eigenvalue weighted by Gasteiger charge is -2.32. The summed E-state index contributed by atoms with van der Waals surface area (Å²) in [5, 5.41) is 19.9. The lowest BCUT2D eigenvalue weighted by molar-refractivity contribution is 0.0224. The van der Waals surface area contributed by atoms with E-state index in [0.717, 1.165) is 36.1 Å². The maximum absolute atomic E-state index is 13.7. The van der Waals surface area contributed by atoms with Gasteiger partial charge in [-0.3, -0.25) is 4.79 Å². The third-order valence-corrected chi connectivity index (χ3v) is 7.54. The molecule has 0 saturated heterocycles. The average molecular weight is 546 g/mol. The molecule has 0 fully saturated rings. The van der Waals surface area contributed by atoms with Crippen LogP contribution in [0.5, 0.6) is 5.75 Å². The van der Waals surface area contributed by atoms with Gasteiger partial charge in [-0.1, -0.05) is 0 Å². The van der Waals surface area contributed by atoms with E-state index in [1.165, 1.54) is 12.1 Å². The minimum atomic E-state index is -1.06. The van der Waals surface area contributed by atoms with Crippen molar-refractivity contribution < 1.29 is 29.3 Å². The zero-order valence-corrected chi connectivity index (χ0v) is 23.4. The quantitative estimate of drug-likeness (QED) is 0.450. The Balaban J connectivity index is 1.53. The highest BCUT2D eigenvalue weighted by Gasteiger charge is 2.30. The van der Waals surface area contributed by atoms with Crippen molar-refractivity contribution in [1.29, 1.82) is 0 Å². The van der Waals surface area contributed by atoms with Crippen molar-refractivity contribution >= 4 is 23.7 Å². The van der Waals surface area contributed by atoms with Crippen molar-refractivity contribution in [2.75, 3.05) is 18.5 Å². The minimum Gasteiger partial charge on any atom is -0.508 e. The molecule has 2 aliphatic heterocycles. The van der Waals surface area contributed by atoms with E-state index in [1.807, 2.05) is 32.9 Å². The van der Waals surface area contributed by atoms with Gasteiger partial charge in [-0.05, 0) is 100 Å². The number of hydrogen-bond acceptors (Lipinski definition) is 5. The molecular weight excluding hydrogens is 510 g/mol. The lowest BCUT2D eigenvalue weighted by atomic mass is 9.92. The molecule has 9 heteroatoms. The predicted molar refractivity (Wildman–Crippen MR) is 151 cm³/mol. The smallest absolute Gasteiger partial charge is 0.410 e. The van der Waals surface area contributed by atoms with E-state index in [-0.39, 0.29) is 23.8 Å². The number of carbonyl (C=O) groups excluding carboxylic acids is 2. The molecule has 210 valence electrons. The molecule has 0 unspecified atom stereocenters. The van der Waals surface area contributed by atoms with Crippen LogP contribution in [0.2, 0.25) is 0 Å². The van der Waals surface area contributed by atoms with E-state index in [9.17, 15) is 24.6 Å². The third kappa shape index (κ3) is 5.28. The molecular formula is C31H35N3O6. The molecule has 0 radical (unpaired) electrons. The number of fused-ring (bicyclic) bond motifs is 2. The Morgan fingerprint density at radius 2 is 1.65 bits per heavy atom. The molecule has 2 aliphatic rings. The van der Waals surface area contributed by atoms with Crippen molar-refractivity contribution in [2.24, 2.45) is 0 Å². The van der Waals surface area contributed by atoms with Gasteiger partial charge in [0.1, 0.15) is 11.4 Å². The van der Waals surface area contributed by atoms with E-state index in [2.05, 4.69) is 4.57 Å². The number of aromatic carboxylic acids is 1. The highest BCUT2D eigenvalue weighted by Crippen LogP contribution is 2.36. The maximum Gasteiger partial charge on any atom is 0.410 e. The van der Waals surface area contributed by atoms with Crippen LogP contribution in [0.25, 0.3) is 11.3 Å².